The summed E-state index contributed by atoms with van der Waals surface area (Å²) in [5.41, 5.74) is 12.9. The molecule has 13 heteroatoms. The Bertz CT molecular complexity index is 1590. The van der Waals surface area contributed by atoms with E-state index in [1.54, 1.807) is 38.1 Å². The molecular formula is C33H41Cl2FN6O4. The lowest BCUT2D eigenvalue weighted by molar-refractivity contribution is -0.138. The van der Waals surface area contributed by atoms with Crippen LogP contribution in [0.25, 0.3) is 10.9 Å². The van der Waals surface area contributed by atoms with E-state index in [0.29, 0.717) is 54.2 Å². The molecule has 1 heterocycles. The van der Waals surface area contributed by atoms with Gasteiger partial charge in [-0.1, -0.05) is 49.2 Å². The lowest BCUT2D eigenvalue weighted by atomic mass is 9.78. The van der Waals surface area contributed by atoms with Crippen molar-refractivity contribution in [3.63, 3.8) is 0 Å². The maximum absolute atomic E-state index is 14.1. The highest BCUT2D eigenvalue weighted by Crippen LogP contribution is 2.38. The van der Waals surface area contributed by atoms with Gasteiger partial charge in [0.15, 0.2) is 0 Å². The second kappa shape index (κ2) is 15.3. The van der Waals surface area contributed by atoms with Crippen molar-refractivity contribution < 1.29 is 23.6 Å². The normalized spacial score (nSPS) is 17.3. The zero-order chi connectivity index (χ0) is 33.6. The van der Waals surface area contributed by atoms with Gasteiger partial charge in [0.05, 0.1) is 10.5 Å². The number of nitrogens with two attached hydrogens (primary N) is 2. The fourth-order valence-electron chi connectivity index (χ4n) is 5.93. The number of fused-ring (bicyclic) bond motifs is 3. The van der Waals surface area contributed by atoms with Crippen LogP contribution in [0.15, 0.2) is 36.4 Å². The Kier molecular flexibility index (Phi) is 11.7. The minimum Gasteiger partial charge on any atom is -0.368 e. The van der Waals surface area contributed by atoms with Crippen molar-refractivity contribution in [3.05, 3.63) is 69.1 Å². The number of hydrogen-bond acceptors (Lipinski definition) is 5. The molecule has 3 aromatic rings. The highest BCUT2D eigenvalue weighted by Gasteiger charge is 2.46. The predicted molar refractivity (Wildman–Crippen MR) is 177 cm³/mol. The van der Waals surface area contributed by atoms with Crippen molar-refractivity contribution in [3.8, 4) is 0 Å². The third-order valence-electron chi connectivity index (χ3n) is 8.51. The lowest BCUT2D eigenvalue weighted by Gasteiger charge is -2.39. The SMILES string of the molecule is CC(C)C(NC(=O)C1(NC(=O)C(CCCCN)NC(=O)CCc2ccc(F)cc2)CCc2[nH]c3c(Cl)cc(Cl)cc3c2C1)C(N)=O. The molecule has 2 aromatic carbocycles. The number of carbonyl (C=O) groups excluding carboxylic acids is 4. The summed E-state index contributed by atoms with van der Waals surface area (Å²) in [6.45, 7) is 3.94. The summed E-state index contributed by atoms with van der Waals surface area (Å²) in [4.78, 5) is 56.8. The van der Waals surface area contributed by atoms with Crippen molar-refractivity contribution in [1.29, 1.82) is 0 Å². The van der Waals surface area contributed by atoms with E-state index in [0.717, 1.165) is 22.2 Å². The van der Waals surface area contributed by atoms with Gasteiger partial charge < -0.3 is 32.4 Å². The van der Waals surface area contributed by atoms with Crippen molar-refractivity contribution in [2.75, 3.05) is 6.54 Å². The van der Waals surface area contributed by atoms with Gasteiger partial charge in [0.2, 0.25) is 23.6 Å². The average Bonchev–Trinajstić information content (AvgIpc) is 3.36. The van der Waals surface area contributed by atoms with E-state index in [4.69, 9.17) is 34.7 Å². The third kappa shape index (κ3) is 8.37. The summed E-state index contributed by atoms with van der Waals surface area (Å²) in [6.07, 6.45) is 2.59. The second-order valence-corrected chi connectivity index (χ2v) is 13.1. The Balaban J connectivity index is 1.63. The maximum atomic E-state index is 14.1. The number of benzene rings is 2. The molecule has 8 N–H and O–H groups in total. The number of amides is 4. The van der Waals surface area contributed by atoms with Crippen LogP contribution in [0.5, 0.6) is 0 Å². The lowest BCUT2D eigenvalue weighted by Crippen LogP contribution is -2.66. The van der Waals surface area contributed by atoms with Crippen LogP contribution in [-0.4, -0.2) is 52.8 Å². The van der Waals surface area contributed by atoms with Gasteiger partial charge in [-0.05, 0) is 86.4 Å². The first-order valence-electron chi connectivity index (χ1n) is 15.5. The van der Waals surface area contributed by atoms with Gasteiger partial charge in [0, 0.05) is 28.9 Å². The molecule has 0 aliphatic heterocycles. The van der Waals surface area contributed by atoms with E-state index >= 15 is 0 Å². The summed E-state index contributed by atoms with van der Waals surface area (Å²) >= 11 is 12.8. The van der Waals surface area contributed by atoms with Gasteiger partial charge in [-0.2, -0.15) is 0 Å². The minimum absolute atomic E-state index is 0.0762. The van der Waals surface area contributed by atoms with E-state index in [1.807, 2.05) is 0 Å². The van der Waals surface area contributed by atoms with E-state index in [1.165, 1.54) is 12.1 Å². The Hall–Kier alpha value is -3.67. The van der Waals surface area contributed by atoms with Crippen LogP contribution in [0.4, 0.5) is 4.39 Å². The molecule has 0 spiro atoms. The largest absolute Gasteiger partial charge is 0.368 e. The van der Waals surface area contributed by atoms with E-state index in [2.05, 4.69) is 20.9 Å². The number of aryl methyl sites for hydroxylation is 2. The maximum Gasteiger partial charge on any atom is 0.246 e. The number of carbonyl (C=O) groups is 4. The minimum atomic E-state index is -1.48. The molecule has 0 bridgehead atoms. The molecule has 1 aliphatic carbocycles. The van der Waals surface area contributed by atoms with Crippen LogP contribution in [-0.2, 0) is 38.4 Å². The van der Waals surface area contributed by atoms with E-state index in [-0.39, 0.29) is 36.9 Å². The van der Waals surface area contributed by atoms with Gasteiger partial charge in [0.25, 0.3) is 0 Å². The second-order valence-electron chi connectivity index (χ2n) is 12.3. The molecule has 3 atom stereocenters. The smallest absolute Gasteiger partial charge is 0.246 e. The molecule has 0 saturated heterocycles. The summed E-state index contributed by atoms with van der Waals surface area (Å²) in [7, 11) is 0. The molecule has 0 fully saturated rings. The Labute approximate surface area is 277 Å². The zero-order valence-corrected chi connectivity index (χ0v) is 27.5. The fraction of sp³-hybridized carbons (Fsp3) is 0.455. The molecule has 3 unspecified atom stereocenters. The van der Waals surface area contributed by atoms with Crippen LogP contribution in [0, 0.1) is 11.7 Å². The number of unbranched alkanes of at least 4 members (excludes halogenated alkanes) is 1. The molecule has 10 nitrogen and oxygen atoms in total. The molecule has 1 aromatic heterocycles. The summed E-state index contributed by atoms with van der Waals surface area (Å²) in [6, 6.07) is 7.32. The van der Waals surface area contributed by atoms with Gasteiger partial charge in [-0.3, -0.25) is 19.2 Å². The number of halogens is 3. The molecular weight excluding hydrogens is 634 g/mol. The van der Waals surface area contributed by atoms with E-state index < -0.39 is 35.3 Å². The van der Waals surface area contributed by atoms with Crippen LogP contribution >= 0.6 is 23.2 Å². The van der Waals surface area contributed by atoms with Gasteiger partial charge in [0.1, 0.15) is 23.4 Å². The number of aromatic amines is 1. The Morgan fingerprint density at radius 2 is 1.78 bits per heavy atom. The van der Waals surface area contributed by atoms with Gasteiger partial charge in [-0.15, -0.1) is 0 Å². The molecule has 1 aliphatic rings. The number of H-pyrrole nitrogens is 1. The van der Waals surface area contributed by atoms with Crippen LogP contribution < -0.4 is 27.4 Å². The molecule has 0 radical (unpaired) electrons. The van der Waals surface area contributed by atoms with Crippen LogP contribution in [0.1, 0.15) is 62.8 Å². The summed E-state index contributed by atoms with van der Waals surface area (Å²) < 4.78 is 13.3. The first-order chi connectivity index (χ1) is 21.8. The standard InChI is InChI=1S/C33H41Cl2FN6O4/c1-18(2)28(30(38)44)41-32(46)33(13-12-25-23(17-33)22-15-20(34)16-24(35)29(22)40-25)42-31(45)26(5-3-4-14-37)39-27(43)11-8-19-6-9-21(36)10-7-19/h6-7,9-10,15-16,18,26,28,40H,3-5,8,11-14,17,37H2,1-2H3,(H2,38,44)(H,39,43)(H,41,46)(H,42,45). The predicted octanol–water partition coefficient (Wildman–Crippen LogP) is 3.83. The molecule has 4 amide bonds. The summed E-state index contributed by atoms with van der Waals surface area (Å²) in [5, 5.41) is 10.2. The number of aromatic nitrogens is 1. The highest BCUT2D eigenvalue weighted by atomic mass is 35.5. The molecule has 4 rings (SSSR count). The molecule has 0 saturated carbocycles. The first kappa shape index (κ1) is 35.2. The Morgan fingerprint density at radius 3 is 2.43 bits per heavy atom. The first-order valence-corrected chi connectivity index (χ1v) is 16.2. The summed E-state index contributed by atoms with van der Waals surface area (Å²) in [5.74, 6) is -2.83. The highest BCUT2D eigenvalue weighted by molar-refractivity contribution is 6.38. The average molecular weight is 676 g/mol. The zero-order valence-electron chi connectivity index (χ0n) is 26.0. The van der Waals surface area contributed by atoms with Crippen molar-refractivity contribution in [2.24, 2.45) is 17.4 Å². The number of nitrogens with one attached hydrogen (secondary N) is 4. The third-order valence-corrected chi connectivity index (χ3v) is 9.03. The fourth-order valence-corrected chi connectivity index (χ4v) is 6.48. The number of hydrogen-bond donors (Lipinski definition) is 6. The Morgan fingerprint density at radius 1 is 1.07 bits per heavy atom. The quantitative estimate of drug-likeness (QED) is 0.142. The molecule has 46 heavy (non-hydrogen) atoms. The number of rotatable bonds is 14. The van der Waals surface area contributed by atoms with Crippen molar-refractivity contribution >= 4 is 57.7 Å². The van der Waals surface area contributed by atoms with E-state index in [9.17, 15) is 23.6 Å². The number of primary amides is 1. The topological polar surface area (TPSA) is 172 Å². The van der Waals surface area contributed by atoms with Gasteiger partial charge in [-0.25, -0.2) is 4.39 Å². The monoisotopic (exact) mass is 674 g/mol. The van der Waals surface area contributed by atoms with Crippen molar-refractivity contribution in [2.45, 2.75) is 82.8 Å². The van der Waals surface area contributed by atoms with Crippen LogP contribution in [0.3, 0.4) is 0 Å². The molecule has 248 valence electrons. The van der Waals surface area contributed by atoms with Gasteiger partial charge >= 0.3 is 0 Å². The van der Waals surface area contributed by atoms with Crippen molar-refractivity contribution in [1.82, 2.24) is 20.9 Å². The van der Waals surface area contributed by atoms with Crippen LogP contribution in [0.2, 0.25) is 10.0 Å².